The lowest BCUT2D eigenvalue weighted by atomic mass is 10.2. The molecule has 0 unspecified atom stereocenters. The molecule has 15 heavy (non-hydrogen) atoms. The minimum atomic E-state index is -0.677. The Morgan fingerprint density at radius 1 is 1.60 bits per heavy atom. The average Bonchev–Trinajstić information content (AvgIpc) is 2.58. The molecule has 1 aromatic heterocycles. The van der Waals surface area contributed by atoms with Crippen LogP contribution >= 0.6 is 0 Å². The molecule has 1 heterocycles. The van der Waals surface area contributed by atoms with Gasteiger partial charge in [-0.2, -0.15) is 0 Å². The van der Waals surface area contributed by atoms with Gasteiger partial charge >= 0.3 is 11.2 Å². The van der Waals surface area contributed by atoms with Crippen molar-refractivity contribution in [1.29, 1.82) is 0 Å². The van der Waals surface area contributed by atoms with Gasteiger partial charge in [-0.15, -0.1) is 0 Å². The molecule has 0 aliphatic carbocycles. The van der Waals surface area contributed by atoms with Crippen molar-refractivity contribution in [2.75, 3.05) is 7.11 Å². The second kappa shape index (κ2) is 3.08. The topological polar surface area (TPSA) is 105 Å². The molecular weight excluding hydrogens is 206 g/mol. The van der Waals surface area contributed by atoms with Gasteiger partial charge in [0.15, 0.2) is 0 Å². The van der Waals surface area contributed by atoms with Gasteiger partial charge in [-0.3, -0.25) is 14.7 Å². The average molecular weight is 211 g/mol. The molecule has 2 aromatic rings. The second-order valence-electron chi connectivity index (χ2n) is 2.67. The van der Waals surface area contributed by atoms with Crippen LogP contribution in [0.4, 0.5) is 5.69 Å². The zero-order chi connectivity index (χ0) is 11.0. The summed E-state index contributed by atoms with van der Waals surface area (Å²) >= 11 is 0. The number of fused-ring (bicyclic) bond motifs is 1. The van der Waals surface area contributed by atoms with Crippen molar-refractivity contribution in [2.24, 2.45) is 0 Å². The maximum Gasteiger partial charge on any atom is 0.368 e. The molecule has 8 nitrogen and oxygen atoms in total. The molecule has 0 amide bonds. The molecule has 0 saturated heterocycles. The van der Waals surface area contributed by atoms with Gasteiger partial charge in [0.25, 0.3) is 0 Å². The molecule has 8 heteroatoms. The van der Waals surface area contributed by atoms with Crippen molar-refractivity contribution in [3.63, 3.8) is 0 Å². The Hall–Kier alpha value is -2.38. The van der Waals surface area contributed by atoms with Crippen LogP contribution in [-0.4, -0.2) is 17.2 Å². The Labute approximate surface area is 82.3 Å². The molecule has 1 aromatic carbocycles. The Balaban J connectivity index is 2.85. The van der Waals surface area contributed by atoms with Gasteiger partial charge in [0.05, 0.1) is 17.2 Å². The van der Waals surface area contributed by atoms with E-state index in [1.54, 1.807) is 0 Å². The lowest BCUT2D eigenvalue weighted by molar-refractivity contribution is -0.782. The Morgan fingerprint density at radius 2 is 2.33 bits per heavy atom. The first-order valence-electron chi connectivity index (χ1n) is 3.86. The van der Waals surface area contributed by atoms with E-state index < -0.39 is 4.92 Å². The zero-order valence-corrected chi connectivity index (χ0v) is 7.54. The highest BCUT2D eigenvalue weighted by Crippen LogP contribution is 2.32. The smallest absolute Gasteiger partial charge is 0.368 e. The minimum Gasteiger partial charge on any atom is -0.490 e. The highest BCUT2D eigenvalue weighted by molar-refractivity contribution is 5.84. The monoisotopic (exact) mass is 211 g/mol. The number of rotatable bonds is 2. The van der Waals surface area contributed by atoms with Crippen molar-refractivity contribution in [2.45, 2.75) is 0 Å². The second-order valence-corrected chi connectivity index (χ2v) is 2.67. The molecule has 2 rings (SSSR count). The summed E-state index contributed by atoms with van der Waals surface area (Å²) in [6.07, 6.45) is 0. The van der Waals surface area contributed by atoms with Crippen LogP contribution in [0.2, 0.25) is 0 Å². The van der Waals surface area contributed by atoms with Crippen LogP contribution in [0.3, 0.4) is 0 Å². The van der Waals surface area contributed by atoms with Gasteiger partial charge < -0.3 is 9.94 Å². The summed E-state index contributed by atoms with van der Waals surface area (Å²) in [5.41, 5.74) is -0.523. The predicted molar refractivity (Wildman–Crippen MR) is 46.2 cm³/mol. The van der Waals surface area contributed by atoms with E-state index in [0.29, 0.717) is 0 Å². The maximum absolute atomic E-state index is 11.0. The quantitative estimate of drug-likeness (QED) is 0.403. The number of methoxy groups -OCH3 is 1. The third kappa shape index (κ3) is 1.23. The molecule has 0 fully saturated rings. The molecular formula is C7H5N3O5. The number of ether oxygens (including phenoxy) is 1. The summed E-state index contributed by atoms with van der Waals surface area (Å²) in [5, 5.41) is 25.0. The van der Waals surface area contributed by atoms with Gasteiger partial charge in [-0.25, -0.2) is 0 Å². The molecule has 0 spiro atoms. The van der Waals surface area contributed by atoms with Crippen molar-refractivity contribution < 1.29 is 19.2 Å². The van der Waals surface area contributed by atoms with Crippen LogP contribution in [0.25, 0.3) is 11.0 Å². The van der Waals surface area contributed by atoms with E-state index in [-0.39, 0.29) is 27.4 Å². The van der Waals surface area contributed by atoms with E-state index in [4.69, 9.17) is 4.74 Å². The minimum absolute atomic E-state index is 0.0116. The van der Waals surface area contributed by atoms with Crippen molar-refractivity contribution in [3.8, 4) is 5.75 Å². The molecule has 0 aliphatic rings. The molecule has 78 valence electrons. The fraction of sp³-hybridized carbons (Fsp3) is 0.143. The molecule has 0 N–H and O–H groups in total. The molecule has 0 aliphatic heterocycles. The number of benzene rings is 1. The van der Waals surface area contributed by atoms with Crippen molar-refractivity contribution in [1.82, 2.24) is 5.16 Å². The van der Waals surface area contributed by atoms with E-state index in [9.17, 15) is 15.3 Å². The van der Waals surface area contributed by atoms with Crippen LogP contribution in [-0.2, 0) is 0 Å². The van der Waals surface area contributed by atoms with Gasteiger partial charge in [0.1, 0.15) is 0 Å². The van der Waals surface area contributed by atoms with E-state index in [0.717, 1.165) is 0 Å². The highest BCUT2D eigenvalue weighted by atomic mass is 16.8. The molecule has 0 saturated carbocycles. The number of aromatic nitrogens is 2. The summed E-state index contributed by atoms with van der Waals surface area (Å²) in [7, 11) is 1.29. The maximum atomic E-state index is 11.0. The van der Waals surface area contributed by atoms with E-state index in [1.807, 2.05) is 0 Å². The van der Waals surface area contributed by atoms with Crippen LogP contribution in [0.1, 0.15) is 0 Å². The van der Waals surface area contributed by atoms with Gasteiger partial charge in [-0.05, 0) is 17.0 Å². The summed E-state index contributed by atoms with van der Waals surface area (Å²) in [4.78, 5) is 10.2. The highest BCUT2D eigenvalue weighted by Gasteiger charge is 2.28. The van der Waals surface area contributed by atoms with Crippen molar-refractivity contribution in [3.05, 3.63) is 27.5 Å². The van der Waals surface area contributed by atoms with E-state index in [1.165, 1.54) is 19.2 Å². The third-order valence-electron chi connectivity index (χ3n) is 1.90. The summed E-state index contributed by atoms with van der Waals surface area (Å²) < 4.78 is 9.05. The van der Waals surface area contributed by atoms with Gasteiger partial charge in [0, 0.05) is 0 Å². The zero-order valence-electron chi connectivity index (χ0n) is 7.54. The van der Waals surface area contributed by atoms with E-state index >= 15 is 0 Å². The number of hydrogen-bond acceptors (Lipinski definition) is 6. The first kappa shape index (κ1) is 9.19. The Morgan fingerprint density at radius 3 is 2.93 bits per heavy atom. The molecule has 0 radical (unpaired) electrons. The number of hydrogen-bond donors (Lipinski definition) is 0. The third-order valence-corrected chi connectivity index (χ3v) is 1.90. The SMILES string of the molecule is COc1ccc2c(no[n+]2[O-])c1[N+](=O)[O-]. The lowest BCUT2D eigenvalue weighted by Gasteiger charge is -1.98. The Kier molecular flexibility index (Phi) is 1.89. The fourth-order valence-electron chi connectivity index (χ4n) is 1.25. The van der Waals surface area contributed by atoms with Gasteiger partial charge in [-0.1, -0.05) is 0 Å². The first-order chi connectivity index (χ1) is 7.15. The summed E-state index contributed by atoms with van der Waals surface area (Å²) in [6.45, 7) is 0. The van der Waals surface area contributed by atoms with Crippen LogP contribution in [0.5, 0.6) is 5.75 Å². The fourth-order valence-corrected chi connectivity index (χ4v) is 1.25. The summed E-state index contributed by atoms with van der Waals surface area (Å²) in [5.74, 6) is 0.0291. The summed E-state index contributed by atoms with van der Waals surface area (Å²) in [6, 6.07) is 2.65. The lowest BCUT2D eigenvalue weighted by Crippen LogP contribution is -2.22. The predicted octanol–water partition coefficient (Wildman–Crippen LogP) is 0.378. The molecule has 0 bridgehead atoms. The largest absolute Gasteiger partial charge is 0.490 e. The standard InChI is InChI=1S/C7H5N3O5/c1-14-5-3-2-4-6(7(5)9(11)12)8-15-10(4)13/h2-3H,1H3. The van der Waals surface area contributed by atoms with Crippen LogP contribution in [0, 0.1) is 15.3 Å². The first-order valence-corrected chi connectivity index (χ1v) is 3.86. The normalized spacial score (nSPS) is 10.5. The van der Waals surface area contributed by atoms with Crippen molar-refractivity contribution >= 4 is 16.7 Å². The van der Waals surface area contributed by atoms with Crippen LogP contribution in [0.15, 0.2) is 16.8 Å². The van der Waals surface area contributed by atoms with Crippen LogP contribution < -0.4 is 9.64 Å². The van der Waals surface area contributed by atoms with E-state index in [2.05, 4.69) is 9.79 Å². The van der Waals surface area contributed by atoms with Gasteiger partial charge in [0.2, 0.25) is 11.3 Å². The Bertz CT molecular complexity index is 535. The number of nitrogens with zero attached hydrogens (tertiary/aromatic N) is 3. The molecule has 0 atom stereocenters. The number of nitro groups is 1. The number of nitro benzene ring substituents is 1.